The molecule has 1 N–H and O–H groups in total. The summed E-state index contributed by atoms with van der Waals surface area (Å²) in [5.41, 5.74) is 0.762. The molecule has 22 heavy (non-hydrogen) atoms. The minimum Gasteiger partial charge on any atom is -0.465 e. The first kappa shape index (κ1) is 14.3. The van der Waals surface area contributed by atoms with E-state index in [0.717, 1.165) is 11.9 Å². The highest BCUT2D eigenvalue weighted by molar-refractivity contribution is 9.10. The maximum atomic E-state index is 11.7. The summed E-state index contributed by atoms with van der Waals surface area (Å²) in [6, 6.07) is 3.25. The van der Waals surface area contributed by atoms with E-state index in [1.54, 1.807) is 6.07 Å². The van der Waals surface area contributed by atoms with Gasteiger partial charge in [-0.3, -0.25) is 9.30 Å². The Morgan fingerprint density at radius 3 is 3.09 bits per heavy atom. The number of carbonyl (C=O) groups is 1. The molecule has 8 heteroatoms. The van der Waals surface area contributed by atoms with Crippen LogP contribution in [0.3, 0.4) is 0 Å². The number of halogens is 2. The Labute approximate surface area is 139 Å². The van der Waals surface area contributed by atoms with E-state index in [2.05, 4.69) is 20.9 Å². The zero-order valence-electron chi connectivity index (χ0n) is 11.4. The van der Waals surface area contributed by atoms with E-state index in [4.69, 9.17) is 16.3 Å². The number of amides is 1. The van der Waals surface area contributed by atoms with E-state index in [9.17, 15) is 9.90 Å². The molecule has 116 valence electrons. The first-order valence-electron chi connectivity index (χ1n) is 6.99. The predicted molar refractivity (Wildman–Crippen MR) is 83.2 cm³/mol. The minimum absolute atomic E-state index is 0.0900. The molecular weight excluding hydrogens is 374 g/mol. The van der Waals surface area contributed by atoms with Crippen LogP contribution < -0.4 is 0 Å². The number of nitrogens with zero attached hydrogens (tertiary/aromatic N) is 3. The summed E-state index contributed by atoms with van der Waals surface area (Å²) >= 11 is 9.66. The molecule has 4 heterocycles. The van der Waals surface area contributed by atoms with Crippen molar-refractivity contribution in [3.05, 3.63) is 33.8 Å². The largest absolute Gasteiger partial charge is 0.465 e. The van der Waals surface area contributed by atoms with E-state index >= 15 is 0 Å². The molecule has 2 saturated heterocycles. The molecule has 2 fully saturated rings. The lowest BCUT2D eigenvalue weighted by atomic mass is 10.0. The highest BCUT2D eigenvalue weighted by Crippen LogP contribution is 2.43. The van der Waals surface area contributed by atoms with Gasteiger partial charge in [0.1, 0.15) is 10.4 Å². The van der Waals surface area contributed by atoms with Gasteiger partial charge in [-0.2, -0.15) is 0 Å². The summed E-state index contributed by atoms with van der Waals surface area (Å²) in [5.74, 6) is 0.924. The second-order valence-corrected chi connectivity index (χ2v) is 6.80. The molecule has 2 aromatic rings. The SMILES string of the molecule is O=C(O)N1C(c2nc(Br)c3c(Cl)cccn23)CC2COCC21. The summed E-state index contributed by atoms with van der Waals surface area (Å²) in [6.07, 6.45) is 1.64. The molecule has 0 bridgehead atoms. The smallest absolute Gasteiger partial charge is 0.408 e. The Kier molecular flexibility index (Phi) is 3.32. The zero-order valence-corrected chi connectivity index (χ0v) is 13.8. The number of hydrogen-bond donors (Lipinski definition) is 1. The average molecular weight is 387 g/mol. The van der Waals surface area contributed by atoms with Crippen molar-refractivity contribution >= 4 is 39.1 Å². The fourth-order valence-corrected chi connectivity index (χ4v) is 4.52. The van der Waals surface area contributed by atoms with Gasteiger partial charge in [-0.05, 0) is 34.5 Å². The third-order valence-electron chi connectivity index (χ3n) is 4.50. The molecule has 2 aliphatic rings. The topological polar surface area (TPSA) is 67.1 Å². The van der Waals surface area contributed by atoms with Gasteiger partial charge in [0.25, 0.3) is 0 Å². The number of carboxylic acid groups (broad SMARTS) is 1. The summed E-state index contributed by atoms with van der Waals surface area (Å²) in [5, 5.41) is 10.2. The van der Waals surface area contributed by atoms with Gasteiger partial charge in [-0.25, -0.2) is 9.78 Å². The normalized spacial score (nSPS) is 27.5. The van der Waals surface area contributed by atoms with Gasteiger partial charge >= 0.3 is 6.09 Å². The van der Waals surface area contributed by atoms with E-state index < -0.39 is 6.09 Å². The lowest BCUT2D eigenvalue weighted by Crippen LogP contribution is -2.39. The van der Waals surface area contributed by atoms with E-state index in [1.807, 2.05) is 16.7 Å². The van der Waals surface area contributed by atoms with Crippen molar-refractivity contribution < 1.29 is 14.6 Å². The number of fused-ring (bicyclic) bond motifs is 2. The van der Waals surface area contributed by atoms with E-state index in [1.165, 1.54) is 4.90 Å². The van der Waals surface area contributed by atoms with Gasteiger partial charge in [0, 0.05) is 12.1 Å². The number of hydrogen-bond acceptors (Lipinski definition) is 3. The molecule has 2 aliphatic heterocycles. The van der Waals surface area contributed by atoms with E-state index in [-0.39, 0.29) is 18.0 Å². The molecule has 0 spiro atoms. The molecule has 3 unspecified atom stereocenters. The van der Waals surface area contributed by atoms with Crippen molar-refractivity contribution in [2.24, 2.45) is 5.92 Å². The molecule has 0 aliphatic carbocycles. The number of pyridine rings is 1. The summed E-state index contributed by atoms with van der Waals surface area (Å²) < 4.78 is 7.93. The summed E-state index contributed by atoms with van der Waals surface area (Å²) in [6.45, 7) is 1.06. The van der Waals surface area contributed by atoms with Crippen LogP contribution in [0.2, 0.25) is 5.02 Å². The molecule has 0 radical (unpaired) electrons. The van der Waals surface area contributed by atoms with Crippen LogP contribution >= 0.6 is 27.5 Å². The molecule has 4 rings (SSSR count). The monoisotopic (exact) mass is 385 g/mol. The van der Waals surface area contributed by atoms with Gasteiger partial charge in [0.2, 0.25) is 0 Å². The van der Waals surface area contributed by atoms with Crippen LogP contribution in [0.4, 0.5) is 4.79 Å². The van der Waals surface area contributed by atoms with Gasteiger partial charge in [-0.15, -0.1) is 0 Å². The molecule has 3 atom stereocenters. The zero-order chi connectivity index (χ0) is 15.4. The molecule has 0 aromatic carbocycles. The highest BCUT2D eigenvalue weighted by Gasteiger charge is 2.49. The number of ether oxygens (including phenoxy) is 1. The average Bonchev–Trinajstić information content (AvgIpc) is 3.10. The minimum atomic E-state index is -0.932. The van der Waals surface area contributed by atoms with Crippen molar-refractivity contribution in [3.8, 4) is 0 Å². The predicted octanol–water partition coefficient (Wildman–Crippen LogP) is 3.19. The number of aromatic nitrogens is 2. The van der Waals surface area contributed by atoms with Crippen molar-refractivity contribution in [2.75, 3.05) is 13.2 Å². The highest BCUT2D eigenvalue weighted by atomic mass is 79.9. The van der Waals surface area contributed by atoms with Crippen LogP contribution in [0.25, 0.3) is 5.52 Å². The molecular formula is C14H13BrClN3O3. The maximum Gasteiger partial charge on any atom is 0.408 e. The van der Waals surface area contributed by atoms with Crippen LogP contribution in [0.5, 0.6) is 0 Å². The molecule has 0 saturated carbocycles. The van der Waals surface area contributed by atoms with Crippen molar-refractivity contribution in [1.82, 2.24) is 14.3 Å². The maximum absolute atomic E-state index is 11.7. The van der Waals surface area contributed by atoms with Crippen molar-refractivity contribution in [1.29, 1.82) is 0 Å². The van der Waals surface area contributed by atoms with Crippen molar-refractivity contribution in [2.45, 2.75) is 18.5 Å². The molecule has 1 amide bonds. The quantitative estimate of drug-likeness (QED) is 0.817. The van der Waals surface area contributed by atoms with Crippen LogP contribution in [0, 0.1) is 5.92 Å². The number of imidazole rings is 1. The Morgan fingerprint density at radius 2 is 2.32 bits per heavy atom. The number of rotatable bonds is 1. The van der Waals surface area contributed by atoms with Gasteiger partial charge in [0.05, 0.1) is 35.8 Å². The molecule has 6 nitrogen and oxygen atoms in total. The summed E-state index contributed by atoms with van der Waals surface area (Å²) in [7, 11) is 0. The van der Waals surface area contributed by atoms with Gasteiger partial charge in [-0.1, -0.05) is 11.6 Å². The van der Waals surface area contributed by atoms with Gasteiger partial charge < -0.3 is 9.84 Å². The van der Waals surface area contributed by atoms with Crippen LogP contribution in [0.15, 0.2) is 22.9 Å². The van der Waals surface area contributed by atoms with Crippen LogP contribution in [-0.4, -0.2) is 44.7 Å². The second-order valence-electron chi connectivity index (χ2n) is 5.64. The summed E-state index contributed by atoms with van der Waals surface area (Å²) in [4.78, 5) is 17.8. The molecule has 2 aromatic heterocycles. The fourth-order valence-electron chi connectivity index (χ4n) is 3.57. The third kappa shape index (κ3) is 1.96. The lowest BCUT2D eigenvalue weighted by Gasteiger charge is -2.25. The van der Waals surface area contributed by atoms with E-state index in [0.29, 0.717) is 28.7 Å². The number of likely N-dealkylation sites (tertiary alicyclic amines) is 1. The third-order valence-corrected chi connectivity index (χ3v) is 5.36. The second kappa shape index (κ2) is 5.11. The standard InChI is InChI=1S/C14H13BrClN3O3/c15-12-11-8(16)2-1-3-18(11)13(17-12)9-4-7-5-22-6-10(7)19(9)14(20)21/h1-3,7,9-10H,4-6H2,(H,20,21). The van der Waals surface area contributed by atoms with Crippen LogP contribution in [0.1, 0.15) is 18.3 Å². The lowest BCUT2D eigenvalue weighted by molar-refractivity contribution is 0.0978. The first-order valence-corrected chi connectivity index (χ1v) is 8.16. The Morgan fingerprint density at radius 1 is 1.50 bits per heavy atom. The van der Waals surface area contributed by atoms with Gasteiger partial charge in [0.15, 0.2) is 0 Å². The Bertz CT molecular complexity index is 765. The first-order chi connectivity index (χ1) is 10.6. The van der Waals surface area contributed by atoms with Crippen molar-refractivity contribution in [3.63, 3.8) is 0 Å². The fraction of sp³-hybridized carbons (Fsp3) is 0.429. The van der Waals surface area contributed by atoms with Crippen LogP contribution in [-0.2, 0) is 4.74 Å². The Balaban J connectivity index is 1.85. The Hall–Kier alpha value is -1.31.